The monoisotopic (exact) mass is 332 g/mol. The molecule has 0 N–H and O–H groups in total. The van der Waals surface area contributed by atoms with Gasteiger partial charge in [0.2, 0.25) is 0 Å². The lowest BCUT2D eigenvalue weighted by Crippen LogP contribution is -2.05. The van der Waals surface area contributed by atoms with Gasteiger partial charge in [-0.25, -0.2) is 14.2 Å². The molecule has 6 heteroatoms. The van der Waals surface area contributed by atoms with Gasteiger partial charge in [0.15, 0.2) is 5.69 Å². The van der Waals surface area contributed by atoms with Gasteiger partial charge in [0.1, 0.15) is 11.5 Å². The Morgan fingerprint density at radius 3 is 2.78 bits per heavy atom. The highest BCUT2D eigenvalue weighted by Gasteiger charge is 2.15. The minimum atomic E-state index is -0.491. The Hall–Kier alpha value is -2.40. The van der Waals surface area contributed by atoms with Gasteiger partial charge in [-0.2, -0.15) is 0 Å². The van der Waals surface area contributed by atoms with E-state index in [9.17, 15) is 9.18 Å². The van der Waals surface area contributed by atoms with Crippen molar-refractivity contribution in [2.45, 2.75) is 13.5 Å². The fourth-order valence-electron chi connectivity index (χ4n) is 2.52. The third kappa shape index (κ3) is 2.68. The average molecular weight is 333 g/mol. The molecule has 0 aliphatic rings. The zero-order valence-electron chi connectivity index (χ0n) is 12.6. The van der Waals surface area contributed by atoms with Crippen molar-refractivity contribution in [3.8, 4) is 11.1 Å². The number of pyridine rings is 1. The third-order valence-corrected chi connectivity index (χ3v) is 3.99. The van der Waals surface area contributed by atoms with Crippen LogP contribution in [0.3, 0.4) is 0 Å². The van der Waals surface area contributed by atoms with Crippen LogP contribution >= 0.6 is 11.6 Å². The Balaban J connectivity index is 2.22. The van der Waals surface area contributed by atoms with Gasteiger partial charge in [0.25, 0.3) is 0 Å². The van der Waals surface area contributed by atoms with Gasteiger partial charge in [0, 0.05) is 23.7 Å². The Bertz CT molecular complexity index is 905. The molecule has 0 aliphatic heterocycles. The van der Waals surface area contributed by atoms with Crippen molar-refractivity contribution in [2.75, 3.05) is 7.11 Å². The zero-order chi connectivity index (χ0) is 16.6. The van der Waals surface area contributed by atoms with Gasteiger partial charge in [-0.15, -0.1) is 0 Å². The molecular formula is C17H14ClFN2O2. The molecule has 0 spiro atoms. The van der Waals surface area contributed by atoms with E-state index < -0.39 is 11.8 Å². The number of hydrogen-bond acceptors (Lipinski definition) is 3. The van der Waals surface area contributed by atoms with Crippen LogP contribution < -0.4 is 0 Å². The molecule has 0 radical (unpaired) electrons. The second-order valence-corrected chi connectivity index (χ2v) is 5.42. The molecule has 3 aromatic rings. The minimum Gasteiger partial charge on any atom is -0.464 e. The fourth-order valence-corrected chi connectivity index (χ4v) is 2.63. The number of aryl methyl sites for hydroxylation is 1. The average Bonchev–Trinajstić information content (AvgIpc) is 2.94. The number of nitrogens with zero attached hydrogens (tertiary/aromatic N) is 2. The maximum Gasteiger partial charge on any atom is 0.356 e. The molecule has 2 heterocycles. The van der Waals surface area contributed by atoms with Crippen LogP contribution in [-0.2, 0) is 11.3 Å². The molecule has 23 heavy (non-hydrogen) atoms. The number of fused-ring (bicyclic) bond motifs is 1. The first-order chi connectivity index (χ1) is 11.0. The quantitative estimate of drug-likeness (QED) is 0.672. The lowest BCUT2D eigenvalue weighted by molar-refractivity contribution is 0.0594. The van der Waals surface area contributed by atoms with Crippen molar-refractivity contribution in [1.29, 1.82) is 0 Å². The maximum absolute atomic E-state index is 13.8. The molecule has 0 bridgehead atoms. The standard InChI is InChI=1S/C17H14ClFN2O2/c1-3-21-9-12(10-4-6-13(18)14(19)8-10)11-5-7-15(17(22)23-2)20-16(11)21/h4-9H,3H2,1-2H3. The van der Waals surface area contributed by atoms with Crippen LogP contribution in [0.1, 0.15) is 17.4 Å². The number of esters is 1. The van der Waals surface area contributed by atoms with Gasteiger partial charge in [-0.3, -0.25) is 0 Å². The number of carbonyl (C=O) groups is 1. The molecule has 1 aromatic carbocycles. The minimum absolute atomic E-state index is 0.0825. The summed E-state index contributed by atoms with van der Waals surface area (Å²) in [5, 5.41) is 0.917. The Kier molecular flexibility index (Phi) is 4.05. The highest BCUT2D eigenvalue weighted by Crippen LogP contribution is 2.32. The summed E-state index contributed by atoms with van der Waals surface area (Å²) in [7, 11) is 1.31. The SMILES string of the molecule is CCn1cc(-c2ccc(Cl)c(F)c2)c2ccc(C(=O)OC)nc21. The lowest BCUT2D eigenvalue weighted by Gasteiger charge is -2.02. The number of ether oxygens (including phenoxy) is 1. The van der Waals surface area contributed by atoms with Crippen LogP contribution in [0.2, 0.25) is 5.02 Å². The van der Waals surface area contributed by atoms with Crippen LogP contribution in [0, 0.1) is 5.82 Å². The van der Waals surface area contributed by atoms with E-state index in [1.54, 1.807) is 18.2 Å². The van der Waals surface area contributed by atoms with E-state index in [2.05, 4.69) is 4.98 Å². The number of aromatic nitrogens is 2. The van der Waals surface area contributed by atoms with Gasteiger partial charge < -0.3 is 9.30 Å². The van der Waals surface area contributed by atoms with E-state index in [0.717, 1.165) is 10.9 Å². The molecule has 0 saturated heterocycles. The molecule has 2 aromatic heterocycles. The van der Waals surface area contributed by atoms with E-state index >= 15 is 0 Å². The molecule has 4 nitrogen and oxygen atoms in total. The first kappa shape index (κ1) is 15.5. The second-order valence-electron chi connectivity index (χ2n) is 5.02. The van der Waals surface area contributed by atoms with Crippen molar-refractivity contribution in [3.05, 3.63) is 53.1 Å². The largest absolute Gasteiger partial charge is 0.464 e. The molecule has 0 aliphatic carbocycles. The summed E-state index contributed by atoms with van der Waals surface area (Å²) >= 11 is 5.75. The number of benzene rings is 1. The second kappa shape index (κ2) is 6.01. The van der Waals surface area contributed by atoms with E-state index in [4.69, 9.17) is 16.3 Å². The number of carbonyl (C=O) groups excluding carboxylic acids is 1. The van der Waals surface area contributed by atoms with Gasteiger partial charge in [0.05, 0.1) is 12.1 Å². The van der Waals surface area contributed by atoms with Crippen LogP contribution in [0.5, 0.6) is 0 Å². The highest BCUT2D eigenvalue weighted by molar-refractivity contribution is 6.30. The molecule has 0 saturated carbocycles. The molecule has 118 valence electrons. The smallest absolute Gasteiger partial charge is 0.356 e. The normalized spacial score (nSPS) is 11.0. The number of hydrogen-bond donors (Lipinski definition) is 0. The molecule has 0 unspecified atom stereocenters. The topological polar surface area (TPSA) is 44.1 Å². The molecular weight excluding hydrogens is 319 g/mol. The molecule has 0 amide bonds. The summed E-state index contributed by atoms with van der Waals surface area (Å²) in [5.74, 6) is -0.962. The predicted octanol–water partition coefficient (Wildman–Crippen LogP) is 4.30. The van der Waals surface area contributed by atoms with Gasteiger partial charge in [-0.05, 0) is 36.8 Å². The van der Waals surface area contributed by atoms with Crippen molar-refractivity contribution in [2.24, 2.45) is 0 Å². The first-order valence-corrected chi connectivity index (χ1v) is 7.46. The molecule has 0 fully saturated rings. The van der Waals surface area contributed by atoms with Crippen LogP contribution in [0.15, 0.2) is 36.5 Å². The number of halogens is 2. The van der Waals surface area contributed by atoms with E-state index in [1.165, 1.54) is 19.2 Å². The van der Waals surface area contributed by atoms with Crippen molar-refractivity contribution in [1.82, 2.24) is 9.55 Å². The first-order valence-electron chi connectivity index (χ1n) is 7.08. The number of rotatable bonds is 3. The number of methoxy groups -OCH3 is 1. The van der Waals surface area contributed by atoms with Crippen LogP contribution in [0.25, 0.3) is 22.2 Å². The maximum atomic E-state index is 13.8. The highest BCUT2D eigenvalue weighted by atomic mass is 35.5. The summed E-state index contributed by atoms with van der Waals surface area (Å²) < 4.78 is 20.4. The van der Waals surface area contributed by atoms with Crippen molar-refractivity contribution in [3.63, 3.8) is 0 Å². The van der Waals surface area contributed by atoms with Gasteiger partial charge >= 0.3 is 5.97 Å². The summed E-state index contributed by atoms with van der Waals surface area (Å²) in [4.78, 5) is 16.0. The van der Waals surface area contributed by atoms with Crippen molar-refractivity contribution >= 4 is 28.6 Å². The lowest BCUT2D eigenvalue weighted by atomic mass is 10.1. The zero-order valence-corrected chi connectivity index (χ0v) is 13.4. The summed E-state index contributed by atoms with van der Waals surface area (Å²) in [6.07, 6.45) is 1.89. The Morgan fingerprint density at radius 2 is 2.13 bits per heavy atom. The molecule has 3 rings (SSSR count). The van der Waals surface area contributed by atoms with E-state index in [1.807, 2.05) is 17.7 Å². The summed E-state index contributed by atoms with van der Waals surface area (Å²) in [6, 6.07) is 8.07. The van der Waals surface area contributed by atoms with E-state index in [0.29, 0.717) is 17.8 Å². The van der Waals surface area contributed by atoms with Crippen LogP contribution in [0.4, 0.5) is 4.39 Å². The van der Waals surface area contributed by atoms with Crippen LogP contribution in [-0.4, -0.2) is 22.6 Å². The summed E-state index contributed by atoms with van der Waals surface area (Å²) in [5.41, 5.74) is 2.43. The third-order valence-electron chi connectivity index (χ3n) is 3.69. The Labute approximate surface area is 137 Å². The predicted molar refractivity (Wildman–Crippen MR) is 87.2 cm³/mol. The molecule has 0 atom stereocenters. The fraction of sp³-hybridized carbons (Fsp3) is 0.176. The van der Waals surface area contributed by atoms with Crippen molar-refractivity contribution < 1.29 is 13.9 Å². The summed E-state index contributed by atoms with van der Waals surface area (Å²) in [6.45, 7) is 2.64. The van der Waals surface area contributed by atoms with Gasteiger partial charge in [-0.1, -0.05) is 17.7 Å². The Morgan fingerprint density at radius 1 is 1.35 bits per heavy atom. The van der Waals surface area contributed by atoms with E-state index in [-0.39, 0.29) is 10.7 Å².